The van der Waals surface area contributed by atoms with Gasteiger partial charge in [0.2, 0.25) is 0 Å². The number of nitrogens with zero attached hydrogens (tertiary/aromatic N) is 4. The van der Waals surface area contributed by atoms with Gasteiger partial charge < -0.3 is 0 Å². The molecular formula is C4H3N4. The Hall–Kier alpha value is -1.37. The minimum Gasteiger partial charge on any atom is -0.198 e. The highest BCUT2D eigenvalue weighted by atomic mass is 15.4. The van der Waals surface area contributed by atoms with Gasteiger partial charge in [-0.1, -0.05) is 0 Å². The SMILES string of the molecule is N#CCC1=C[N]N=N1. The molecule has 0 aliphatic carbocycles. The fraction of sp³-hybridized carbons (Fsp3) is 0.250. The lowest BCUT2D eigenvalue weighted by Gasteiger charge is -1.76. The summed E-state index contributed by atoms with van der Waals surface area (Å²) in [5.74, 6) is 0. The molecule has 4 heteroatoms. The van der Waals surface area contributed by atoms with Crippen LogP contribution in [0.4, 0.5) is 0 Å². The minimum absolute atomic E-state index is 0.299. The van der Waals surface area contributed by atoms with Gasteiger partial charge in [0.15, 0.2) is 0 Å². The Bertz CT molecular complexity index is 173. The zero-order chi connectivity index (χ0) is 5.82. The van der Waals surface area contributed by atoms with Crippen LogP contribution in [0.1, 0.15) is 6.42 Å². The van der Waals surface area contributed by atoms with Crippen molar-refractivity contribution in [3.63, 3.8) is 0 Å². The molecule has 39 valence electrons. The topological polar surface area (TPSA) is 62.6 Å². The van der Waals surface area contributed by atoms with Crippen LogP contribution in [0.15, 0.2) is 22.2 Å². The van der Waals surface area contributed by atoms with Gasteiger partial charge >= 0.3 is 0 Å². The second kappa shape index (κ2) is 2.07. The van der Waals surface area contributed by atoms with E-state index in [-0.39, 0.29) is 0 Å². The van der Waals surface area contributed by atoms with Crippen LogP contribution in [-0.4, -0.2) is 0 Å². The van der Waals surface area contributed by atoms with E-state index in [4.69, 9.17) is 5.26 Å². The molecular weight excluding hydrogens is 104 g/mol. The standard InChI is InChI=1S/C4H3N4/c5-2-1-4-3-6-8-7-4/h3H,1H2. The Morgan fingerprint density at radius 2 is 2.62 bits per heavy atom. The van der Waals surface area contributed by atoms with Crippen molar-refractivity contribution in [2.24, 2.45) is 10.3 Å². The van der Waals surface area contributed by atoms with E-state index >= 15 is 0 Å². The molecule has 8 heavy (non-hydrogen) atoms. The van der Waals surface area contributed by atoms with Crippen molar-refractivity contribution >= 4 is 0 Å². The molecule has 1 aliphatic rings. The predicted octanol–water partition coefficient (Wildman–Crippen LogP) is 0.727. The van der Waals surface area contributed by atoms with Crippen LogP contribution in [0.3, 0.4) is 0 Å². The molecule has 0 saturated carbocycles. The summed E-state index contributed by atoms with van der Waals surface area (Å²) in [7, 11) is 0. The van der Waals surface area contributed by atoms with Crippen LogP contribution in [0.5, 0.6) is 0 Å². The highest BCUT2D eigenvalue weighted by Gasteiger charge is 1.97. The first kappa shape index (κ1) is 4.78. The normalized spacial score (nSPS) is 14.6. The van der Waals surface area contributed by atoms with Crippen molar-refractivity contribution in [1.82, 2.24) is 5.43 Å². The Balaban J connectivity index is 2.49. The van der Waals surface area contributed by atoms with Crippen molar-refractivity contribution < 1.29 is 0 Å². The average Bonchev–Trinajstić information content (AvgIpc) is 2.19. The molecule has 4 nitrogen and oxygen atoms in total. The van der Waals surface area contributed by atoms with E-state index in [2.05, 4.69) is 15.8 Å². The van der Waals surface area contributed by atoms with Crippen molar-refractivity contribution in [3.05, 3.63) is 11.9 Å². The summed E-state index contributed by atoms with van der Waals surface area (Å²) in [5, 5.41) is 14.9. The third-order valence-corrected chi connectivity index (χ3v) is 0.692. The van der Waals surface area contributed by atoms with Gasteiger partial charge in [0.1, 0.15) is 0 Å². The lowest BCUT2D eigenvalue weighted by Crippen LogP contribution is -1.73. The Labute approximate surface area is 46.5 Å². The minimum atomic E-state index is 0.299. The monoisotopic (exact) mass is 107 g/mol. The van der Waals surface area contributed by atoms with Gasteiger partial charge in [-0.3, -0.25) is 0 Å². The van der Waals surface area contributed by atoms with Crippen LogP contribution in [0.2, 0.25) is 0 Å². The molecule has 0 aromatic rings. The lowest BCUT2D eigenvalue weighted by atomic mass is 10.4. The quantitative estimate of drug-likeness (QED) is 0.487. The molecule has 1 aliphatic heterocycles. The van der Waals surface area contributed by atoms with E-state index in [0.29, 0.717) is 12.1 Å². The maximum Gasteiger partial charge on any atom is 0.0990 e. The predicted molar refractivity (Wildman–Crippen MR) is 25.3 cm³/mol. The van der Waals surface area contributed by atoms with E-state index < -0.39 is 0 Å². The van der Waals surface area contributed by atoms with E-state index in [0.717, 1.165) is 0 Å². The third kappa shape index (κ3) is 0.819. The second-order valence-electron chi connectivity index (χ2n) is 1.26. The fourth-order valence-electron chi connectivity index (χ4n) is 0.364. The molecule has 0 atom stereocenters. The molecule has 0 unspecified atom stereocenters. The van der Waals surface area contributed by atoms with Crippen LogP contribution < -0.4 is 5.43 Å². The largest absolute Gasteiger partial charge is 0.198 e. The van der Waals surface area contributed by atoms with Crippen molar-refractivity contribution in [2.45, 2.75) is 6.42 Å². The molecule has 1 heterocycles. The lowest BCUT2D eigenvalue weighted by molar-refractivity contribution is 0.901. The molecule has 0 bridgehead atoms. The summed E-state index contributed by atoms with van der Waals surface area (Å²) in [6, 6.07) is 1.93. The molecule has 0 aromatic carbocycles. The highest BCUT2D eigenvalue weighted by molar-refractivity contribution is 5.05. The molecule has 0 aromatic heterocycles. The van der Waals surface area contributed by atoms with Crippen LogP contribution in [0.25, 0.3) is 0 Å². The van der Waals surface area contributed by atoms with Gasteiger partial charge in [-0.05, 0) is 5.22 Å². The summed E-state index contributed by atoms with van der Waals surface area (Å²) >= 11 is 0. The van der Waals surface area contributed by atoms with Gasteiger partial charge in [0.05, 0.1) is 24.4 Å². The van der Waals surface area contributed by atoms with Gasteiger partial charge in [0.25, 0.3) is 0 Å². The van der Waals surface area contributed by atoms with Gasteiger partial charge in [-0.15, -0.1) is 10.5 Å². The fourth-order valence-corrected chi connectivity index (χ4v) is 0.364. The smallest absolute Gasteiger partial charge is 0.0990 e. The number of rotatable bonds is 1. The van der Waals surface area contributed by atoms with Crippen molar-refractivity contribution in [1.29, 1.82) is 5.26 Å². The second-order valence-corrected chi connectivity index (χ2v) is 1.26. The summed E-state index contributed by atoms with van der Waals surface area (Å²) in [4.78, 5) is 0. The van der Waals surface area contributed by atoms with E-state index in [1.807, 2.05) is 6.07 Å². The molecule has 0 saturated heterocycles. The van der Waals surface area contributed by atoms with Crippen LogP contribution >= 0.6 is 0 Å². The van der Waals surface area contributed by atoms with Crippen LogP contribution in [0, 0.1) is 11.3 Å². The third-order valence-electron chi connectivity index (χ3n) is 0.692. The number of hydrogen-bond acceptors (Lipinski definition) is 3. The summed E-state index contributed by atoms with van der Waals surface area (Å²) in [6.07, 6.45) is 1.77. The van der Waals surface area contributed by atoms with Crippen LogP contribution in [-0.2, 0) is 0 Å². The first-order valence-electron chi connectivity index (χ1n) is 2.10. The van der Waals surface area contributed by atoms with Gasteiger partial charge in [-0.2, -0.15) is 5.26 Å². The maximum atomic E-state index is 8.09. The zero-order valence-corrected chi connectivity index (χ0v) is 4.07. The number of allylic oxidation sites excluding steroid dienone is 1. The van der Waals surface area contributed by atoms with Crippen molar-refractivity contribution in [3.8, 4) is 6.07 Å². The van der Waals surface area contributed by atoms with E-state index in [1.54, 1.807) is 0 Å². The van der Waals surface area contributed by atoms with Gasteiger partial charge in [-0.25, -0.2) is 0 Å². The first-order chi connectivity index (χ1) is 3.93. The Morgan fingerprint density at radius 1 is 1.75 bits per heavy atom. The van der Waals surface area contributed by atoms with Gasteiger partial charge in [0, 0.05) is 0 Å². The Morgan fingerprint density at radius 3 is 3.12 bits per heavy atom. The maximum absolute atomic E-state index is 8.09. The molecule has 1 rings (SSSR count). The zero-order valence-electron chi connectivity index (χ0n) is 4.07. The average molecular weight is 107 g/mol. The molecule has 0 spiro atoms. The Kier molecular flexibility index (Phi) is 1.24. The summed E-state index contributed by atoms with van der Waals surface area (Å²) in [6.45, 7) is 0. The number of nitriles is 1. The highest BCUT2D eigenvalue weighted by Crippen LogP contribution is 2.05. The molecule has 0 N–H and O–H groups in total. The molecule has 0 fully saturated rings. The van der Waals surface area contributed by atoms with Crippen molar-refractivity contribution in [2.75, 3.05) is 0 Å². The summed E-state index contributed by atoms with van der Waals surface area (Å²) < 4.78 is 0. The number of hydrogen-bond donors (Lipinski definition) is 0. The first-order valence-corrected chi connectivity index (χ1v) is 2.10. The summed E-state index contributed by atoms with van der Waals surface area (Å²) in [5.41, 5.74) is 4.06. The van der Waals surface area contributed by atoms with E-state index in [9.17, 15) is 0 Å². The van der Waals surface area contributed by atoms with E-state index in [1.165, 1.54) is 6.20 Å². The molecule has 1 radical (unpaired) electrons. The molecule has 0 amide bonds.